The van der Waals surface area contributed by atoms with Gasteiger partial charge in [-0.15, -0.1) is 23.1 Å². The Balaban J connectivity index is 2.19. The number of aryl methyl sites for hydroxylation is 1. The zero-order chi connectivity index (χ0) is 13.6. The van der Waals surface area contributed by atoms with Crippen LogP contribution in [0.5, 0.6) is 0 Å². The minimum atomic E-state index is 0.113. The molecule has 0 aliphatic carbocycles. The minimum absolute atomic E-state index is 0.113. The lowest BCUT2D eigenvalue weighted by Crippen LogP contribution is -2.28. The Bertz CT molecular complexity index is 383. The molecular formula is C13H22N2OS2. The van der Waals surface area contributed by atoms with E-state index in [2.05, 4.69) is 38.0 Å². The average molecular weight is 286 g/mol. The van der Waals surface area contributed by atoms with Crippen molar-refractivity contribution >= 4 is 29.0 Å². The molecule has 0 bridgehead atoms. The van der Waals surface area contributed by atoms with Gasteiger partial charge in [-0.25, -0.2) is 4.98 Å². The molecule has 0 unspecified atom stereocenters. The van der Waals surface area contributed by atoms with Crippen molar-refractivity contribution in [2.45, 2.75) is 45.3 Å². The van der Waals surface area contributed by atoms with Gasteiger partial charge in [0.15, 0.2) is 0 Å². The van der Waals surface area contributed by atoms with E-state index >= 15 is 0 Å². The quantitative estimate of drug-likeness (QED) is 0.874. The second kappa shape index (κ2) is 7.14. The number of nitrogens with one attached hydrogen (secondary N) is 1. The molecule has 0 fully saturated rings. The molecule has 5 heteroatoms. The van der Waals surface area contributed by atoms with Crippen LogP contribution in [0.3, 0.4) is 0 Å². The molecule has 1 aromatic rings. The SMILES string of the molecule is CCc1cnc(CCNC(=O)CSC(C)(C)C)s1. The van der Waals surface area contributed by atoms with Gasteiger partial charge < -0.3 is 5.32 Å². The normalized spacial score (nSPS) is 11.6. The monoisotopic (exact) mass is 286 g/mol. The maximum Gasteiger partial charge on any atom is 0.230 e. The van der Waals surface area contributed by atoms with E-state index in [4.69, 9.17) is 0 Å². The third kappa shape index (κ3) is 6.40. The van der Waals surface area contributed by atoms with E-state index in [0.29, 0.717) is 12.3 Å². The van der Waals surface area contributed by atoms with Gasteiger partial charge in [0.25, 0.3) is 0 Å². The lowest BCUT2D eigenvalue weighted by Gasteiger charge is -2.16. The van der Waals surface area contributed by atoms with E-state index < -0.39 is 0 Å². The van der Waals surface area contributed by atoms with Gasteiger partial charge in [-0.2, -0.15) is 0 Å². The molecule has 0 aliphatic heterocycles. The highest BCUT2D eigenvalue weighted by Gasteiger charge is 2.13. The summed E-state index contributed by atoms with van der Waals surface area (Å²) in [5, 5.41) is 4.04. The van der Waals surface area contributed by atoms with Crippen LogP contribution >= 0.6 is 23.1 Å². The molecule has 1 aromatic heterocycles. The predicted octanol–water partition coefficient (Wildman–Crippen LogP) is 2.90. The molecule has 1 heterocycles. The maximum atomic E-state index is 11.6. The highest BCUT2D eigenvalue weighted by atomic mass is 32.2. The van der Waals surface area contributed by atoms with Gasteiger partial charge in [0.2, 0.25) is 5.91 Å². The summed E-state index contributed by atoms with van der Waals surface area (Å²) >= 11 is 3.41. The first kappa shape index (κ1) is 15.5. The predicted molar refractivity (Wildman–Crippen MR) is 80.4 cm³/mol. The van der Waals surface area contributed by atoms with Gasteiger partial charge in [0, 0.05) is 28.8 Å². The molecule has 0 saturated heterocycles. The zero-order valence-corrected chi connectivity index (χ0v) is 13.2. The van der Waals surface area contributed by atoms with E-state index in [1.54, 1.807) is 23.1 Å². The summed E-state index contributed by atoms with van der Waals surface area (Å²) in [6, 6.07) is 0. The average Bonchev–Trinajstić information content (AvgIpc) is 2.73. The number of carbonyl (C=O) groups is 1. The Morgan fingerprint density at radius 3 is 2.78 bits per heavy atom. The minimum Gasteiger partial charge on any atom is -0.355 e. The fourth-order valence-electron chi connectivity index (χ4n) is 1.27. The first-order chi connectivity index (χ1) is 8.40. The number of aromatic nitrogens is 1. The van der Waals surface area contributed by atoms with Crippen molar-refractivity contribution < 1.29 is 4.79 Å². The lowest BCUT2D eigenvalue weighted by atomic mass is 10.3. The summed E-state index contributed by atoms with van der Waals surface area (Å²) < 4.78 is 0.142. The number of nitrogens with zero attached hydrogens (tertiary/aromatic N) is 1. The first-order valence-electron chi connectivity index (χ1n) is 6.25. The van der Waals surface area contributed by atoms with Gasteiger partial charge >= 0.3 is 0 Å². The highest BCUT2D eigenvalue weighted by Crippen LogP contribution is 2.22. The third-order valence-electron chi connectivity index (χ3n) is 2.25. The Kier molecular flexibility index (Phi) is 6.15. The number of hydrogen-bond donors (Lipinski definition) is 1. The van der Waals surface area contributed by atoms with Crippen molar-refractivity contribution in [2.75, 3.05) is 12.3 Å². The Labute approximate surface area is 118 Å². The van der Waals surface area contributed by atoms with Crippen molar-refractivity contribution in [3.8, 4) is 0 Å². The molecule has 0 aromatic carbocycles. The molecule has 0 aliphatic rings. The number of thiazole rings is 1. The Morgan fingerprint density at radius 1 is 1.50 bits per heavy atom. The topological polar surface area (TPSA) is 42.0 Å². The number of amides is 1. The van der Waals surface area contributed by atoms with Crippen molar-refractivity contribution in [2.24, 2.45) is 0 Å². The maximum absolute atomic E-state index is 11.6. The number of carbonyl (C=O) groups excluding carboxylic acids is 1. The largest absolute Gasteiger partial charge is 0.355 e. The summed E-state index contributed by atoms with van der Waals surface area (Å²) in [7, 11) is 0. The van der Waals surface area contributed by atoms with Crippen molar-refractivity contribution in [3.05, 3.63) is 16.1 Å². The van der Waals surface area contributed by atoms with Crippen molar-refractivity contribution in [1.29, 1.82) is 0 Å². The lowest BCUT2D eigenvalue weighted by molar-refractivity contribution is -0.118. The molecule has 1 amide bonds. The van der Waals surface area contributed by atoms with Gasteiger partial charge in [-0.3, -0.25) is 4.79 Å². The fourth-order valence-corrected chi connectivity index (χ4v) is 2.80. The van der Waals surface area contributed by atoms with Crippen molar-refractivity contribution in [1.82, 2.24) is 10.3 Å². The molecule has 0 spiro atoms. The summed E-state index contributed by atoms with van der Waals surface area (Å²) in [5.74, 6) is 0.642. The third-order valence-corrected chi connectivity index (χ3v) is 4.72. The van der Waals surface area contributed by atoms with Gasteiger partial charge in [0.05, 0.1) is 10.8 Å². The number of thioether (sulfide) groups is 1. The fraction of sp³-hybridized carbons (Fsp3) is 0.692. The molecule has 0 radical (unpaired) electrons. The molecular weight excluding hydrogens is 264 g/mol. The van der Waals surface area contributed by atoms with Crippen LogP contribution in [0.1, 0.15) is 37.6 Å². The molecule has 102 valence electrons. The molecule has 0 saturated carbocycles. The molecule has 18 heavy (non-hydrogen) atoms. The Morgan fingerprint density at radius 2 is 2.22 bits per heavy atom. The van der Waals surface area contributed by atoms with Crippen LogP contribution in [0, 0.1) is 0 Å². The summed E-state index contributed by atoms with van der Waals surface area (Å²) in [4.78, 5) is 17.2. The van der Waals surface area contributed by atoms with Crippen LogP contribution in [-0.4, -0.2) is 27.9 Å². The zero-order valence-electron chi connectivity index (χ0n) is 11.6. The van der Waals surface area contributed by atoms with E-state index in [9.17, 15) is 4.79 Å². The van der Waals surface area contributed by atoms with Crippen LogP contribution in [-0.2, 0) is 17.6 Å². The molecule has 1 rings (SSSR count). The van der Waals surface area contributed by atoms with Crippen LogP contribution < -0.4 is 5.32 Å². The van der Waals surface area contributed by atoms with Crippen LogP contribution in [0.2, 0.25) is 0 Å². The van der Waals surface area contributed by atoms with E-state index in [-0.39, 0.29) is 10.7 Å². The van der Waals surface area contributed by atoms with Crippen molar-refractivity contribution in [3.63, 3.8) is 0 Å². The van der Waals surface area contributed by atoms with Crippen LogP contribution in [0.4, 0.5) is 0 Å². The Hall–Kier alpha value is -0.550. The molecule has 1 N–H and O–H groups in total. The second-order valence-corrected chi connectivity index (χ2v) is 8.08. The highest BCUT2D eigenvalue weighted by molar-refractivity contribution is 8.01. The van der Waals surface area contributed by atoms with Crippen LogP contribution in [0.25, 0.3) is 0 Å². The summed E-state index contributed by atoms with van der Waals surface area (Å²) in [6.07, 6.45) is 3.79. The van der Waals surface area contributed by atoms with Gasteiger partial charge in [0.1, 0.15) is 0 Å². The smallest absolute Gasteiger partial charge is 0.230 e. The first-order valence-corrected chi connectivity index (χ1v) is 8.05. The number of hydrogen-bond acceptors (Lipinski definition) is 4. The standard InChI is InChI=1S/C13H22N2OS2/c1-5-10-8-15-12(18-10)6-7-14-11(16)9-17-13(2,3)4/h8H,5-7,9H2,1-4H3,(H,14,16). The van der Waals surface area contributed by atoms with Crippen LogP contribution in [0.15, 0.2) is 6.20 Å². The van der Waals surface area contributed by atoms with E-state index in [1.807, 2.05) is 6.20 Å². The summed E-state index contributed by atoms with van der Waals surface area (Å²) in [5.41, 5.74) is 0. The van der Waals surface area contributed by atoms with E-state index in [1.165, 1.54) is 4.88 Å². The second-order valence-electron chi connectivity index (χ2n) is 5.07. The van der Waals surface area contributed by atoms with Gasteiger partial charge in [-0.05, 0) is 6.42 Å². The summed E-state index contributed by atoms with van der Waals surface area (Å²) in [6.45, 7) is 9.16. The van der Waals surface area contributed by atoms with Gasteiger partial charge in [-0.1, -0.05) is 27.7 Å². The molecule has 3 nitrogen and oxygen atoms in total. The molecule has 0 atom stereocenters. The van der Waals surface area contributed by atoms with E-state index in [0.717, 1.165) is 17.8 Å². The number of rotatable bonds is 6.